The lowest BCUT2D eigenvalue weighted by Gasteiger charge is -2.19. The third-order valence-electron chi connectivity index (χ3n) is 3.57. The Bertz CT molecular complexity index is 913. The Morgan fingerprint density at radius 2 is 1.78 bits per heavy atom. The Hall–Kier alpha value is -2.43. The van der Waals surface area contributed by atoms with Gasteiger partial charge in [0.25, 0.3) is 0 Å². The number of nitrogens with two attached hydrogens (primary N) is 1. The second-order valence-corrected chi connectivity index (χ2v) is 7.78. The predicted octanol–water partition coefficient (Wildman–Crippen LogP) is 3.70. The van der Waals surface area contributed by atoms with Gasteiger partial charge in [-0.1, -0.05) is 6.92 Å². The molecule has 0 atom stereocenters. The van der Waals surface area contributed by atoms with Gasteiger partial charge >= 0.3 is 12.1 Å². The van der Waals surface area contributed by atoms with Crippen molar-refractivity contribution >= 4 is 15.5 Å². The Morgan fingerprint density at radius 3 is 2.30 bits per heavy atom. The molecule has 0 aliphatic carbocycles. The molecular weight excluding hydrogens is 395 g/mol. The normalized spacial score (nSPS) is 12.8. The standard InChI is InChI=1S/C16H15F5N2O3S/c1-2-27(24,25)14-6-3-10(22)7-12(14)13-5-4-11(8-23-13)26-9-15(17,18)16(19,20)21/h3-8H,2,9,22H2,1H3. The van der Waals surface area contributed by atoms with Crippen molar-refractivity contribution in [2.45, 2.75) is 23.9 Å². The fraction of sp³-hybridized carbons (Fsp3) is 0.312. The van der Waals surface area contributed by atoms with Crippen molar-refractivity contribution in [3.05, 3.63) is 36.5 Å². The number of alkyl halides is 5. The maximum Gasteiger partial charge on any atom is 0.456 e. The van der Waals surface area contributed by atoms with E-state index in [4.69, 9.17) is 5.73 Å². The summed E-state index contributed by atoms with van der Waals surface area (Å²) < 4.78 is 91.0. The molecule has 0 aliphatic heterocycles. The molecule has 0 bridgehead atoms. The van der Waals surface area contributed by atoms with Gasteiger partial charge in [-0.3, -0.25) is 4.98 Å². The number of hydrogen-bond donors (Lipinski definition) is 1. The van der Waals surface area contributed by atoms with Crippen LogP contribution >= 0.6 is 0 Å². The number of sulfone groups is 1. The van der Waals surface area contributed by atoms with Crippen molar-refractivity contribution in [1.29, 1.82) is 0 Å². The van der Waals surface area contributed by atoms with Gasteiger partial charge in [0.05, 0.1) is 22.5 Å². The molecule has 0 radical (unpaired) electrons. The van der Waals surface area contributed by atoms with Crippen LogP contribution in [0.15, 0.2) is 41.4 Å². The molecule has 0 aliphatic rings. The summed E-state index contributed by atoms with van der Waals surface area (Å²) in [5.74, 6) is -5.51. The van der Waals surface area contributed by atoms with Crippen LogP contribution in [0, 0.1) is 0 Å². The topological polar surface area (TPSA) is 82.3 Å². The summed E-state index contributed by atoms with van der Waals surface area (Å²) >= 11 is 0. The summed E-state index contributed by atoms with van der Waals surface area (Å²) in [6, 6.07) is 6.45. The number of hydrogen-bond acceptors (Lipinski definition) is 5. The van der Waals surface area contributed by atoms with Crippen LogP contribution in [-0.4, -0.2) is 37.9 Å². The highest BCUT2D eigenvalue weighted by Gasteiger charge is 2.58. The Kier molecular flexibility index (Phi) is 5.64. The van der Waals surface area contributed by atoms with E-state index in [0.717, 1.165) is 12.3 Å². The van der Waals surface area contributed by atoms with Gasteiger partial charge in [-0.15, -0.1) is 0 Å². The molecule has 0 spiro atoms. The lowest BCUT2D eigenvalue weighted by molar-refractivity contribution is -0.290. The molecule has 0 amide bonds. The van der Waals surface area contributed by atoms with Crippen molar-refractivity contribution in [1.82, 2.24) is 4.98 Å². The van der Waals surface area contributed by atoms with Crippen molar-refractivity contribution in [3.63, 3.8) is 0 Å². The van der Waals surface area contributed by atoms with Crippen LogP contribution in [0.25, 0.3) is 11.3 Å². The Balaban J connectivity index is 2.30. The van der Waals surface area contributed by atoms with Crippen LogP contribution in [0.1, 0.15) is 6.92 Å². The van der Waals surface area contributed by atoms with Crippen molar-refractivity contribution in [2.24, 2.45) is 0 Å². The van der Waals surface area contributed by atoms with E-state index in [9.17, 15) is 30.4 Å². The first-order valence-corrected chi connectivity index (χ1v) is 9.18. The summed E-state index contributed by atoms with van der Waals surface area (Å²) in [5, 5.41) is 0. The lowest BCUT2D eigenvalue weighted by Crippen LogP contribution is -2.41. The van der Waals surface area contributed by atoms with Gasteiger partial charge in [-0.2, -0.15) is 22.0 Å². The van der Waals surface area contributed by atoms with Crippen LogP contribution in [-0.2, 0) is 9.84 Å². The van der Waals surface area contributed by atoms with Crippen LogP contribution in [0.4, 0.5) is 27.6 Å². The predicted molar refractivity (Wildman–Crippen MR) is 88.3 cm³/mol. The average molecular weight is 410 g/mol. The van der Waals surface area contributed by atoms with Gasteiger partial charge in [0.1, 0.15) is 5.75 Å². The van der Waals surface area contributed by atoms with Gasteiger partial charge in [-0.25, -0.2) is 8.42 Å². The van der Waals surface area contributed by atoms with E-state index in [2.05, 4.69) is 9.72 Å². The fourth-order valence-corrected chi connectivity index (χ4v) is 3.14. The molecule has 0 saturated heterocycles. The zero-order valence-corrected chi connectivity index (χ0v) is 14.7. The number of rotatable bonds is 6. The van der Waals surface area contributed by atoms with Crippen LogP contribution in [0.3, 0.4) is 0 Å². The molecule has 5 nitrogen and oxygen atoms in total. The molecule has 0 unspecified atom stereocenters. The maximum absolute atomic E-state index is 12.9. The zero-order valence-electron chi connectivity index (χ0n) is 13.9. The van der Waals surface area contributed by atoms with E-state index < -0.39 is 28.5 Å². The highest BCUT2D eigenvalue weighted by molar-refractivity contribution is 7.91. The van der Waals surface area contributed by atoms with Gasteiger partial charge in [0.2, 0.25) is 0 Å². The molecule has 2 rings (SSSR count). The highest BCUT2D eigenvalue weighted by Crippen LogP contribution is 2.36. The molecule has 0 fully saturated rings. The van der Waals surface area contributed by atoms with Crippen LogP contribution in [0.2, 0.25) is 0 Å². The molecule has 0 saturated carbocycles. The minimum absolute atomic E-state index is 0.0241. The van der Waals surface area contributed by atoms with E-state index >= 15 is 0 Å². The van der Waals surface area contributed by atoms with E-state index in [1.807, 2.05) is 0 Å². The number of nitrogens with zero attached hydrogens (tertiary/aromatic N) is 1. The Morgan fingerprint density at radius 1 is 1.11 bits per heavy atom. The average Bonchev–Trinajstić information content (AvgIpc) is 2.59. The van der Waals surface area contributed by atoms with E-state index in [0.29, 0.717) is 0 Å². The second-order valence-electron chi connectivity index (χ2n) is 5.53. The minimum Gasteiger partial charge on any atom is -0.485 e. The monoisotopic (exact) mass is 410 g/mol. The summed E-state index contributed by atoms with van der Waals surface area (Å²) in [4.78, 5) is 3.87. The minimum atomic E-state index is -5.73. The first-order valence-electron chi connectivity index (χ1n) is 7.53. The summed E-state index contributed by atoms with van der Waals surface area (Å²) in [6.07, 6.45) is -4.81. The molecule has 11 heteroatoms. The van der Waals surface area contributed by atoms with Crippen LogP contribution in [0.5, 0.6) is 5.75 Å². The number of pyridine rings is 1. The number of aromatic nitrogens is 1. The van der Waals surface area contributed by atoms with E-state index in [1.165, 1.54) is 31.2 Å². The summed E-state index contributed by atoms with van der Waals surface area (Å²) in [5.41, 5.74) is 6.28. The van der Waals surface area contributed by atoms with Gasteiger partial charge in [-0.05, 0) is 30.3 Å². The van der Waals surface area contributed by atoms with Gasteiger partial charge in [0.15, 0.2) is 16.4 Å². The Labute approximate surface area is 151 Å². The molecule has 1 aromatic heterocycles. The SMILES string of the molecule is CCS(=O)(=O)c1ccc(N)cc1-c1ccc(OCC(F)(F)C(F)(F)F)cn1. The van der Waals surface area contributed by atoms with Crippen molar-refractivity contribution in [3.8, 4) is 17.0 Å². The van der Waals surface area contributed by atoms with Gasteiger partial charge < -0.3 is 10.5 Å². The number of ether oxygens (including phenoxy) is 1. The number of halogens is 5. The quantitative estimate of drug-likeness (QED) is 0.580. The summed E-state index contributed by atoms with van der Waals surface area (Å²) in [7, 11) is -3.60. The first-order chi connectivity index (χ1) is 12.4. The lowest BCUT2D eigenvalue weighted by atomic mass is 10.1. The van der Waals surface area contributed by atoms with Gasteiger partial charge in [0, 0.05) is 11.3 Å². The molecule has 1 aromatic carbocycles. The van der Waals surface area contributed by atoms with Crippen molar-refractivity contribution in [2.75, 3.05) is 18.1 Å². The maximum atomic E-state index is 12.9. The molecule has 27 heavy (non-hydrogen) atoms. The van der Waals surface area contributed by atoms with E-state index in [-0.39, 0.29) is 33.3 Å². The molecular formula is C16H15F5N2O3S. The summed E-state index contributed by atoms with van der Waals surface area (Å²) in [6.45, 7) is -0.439. The largest absolute Gasteiger partial charge is 0.485 e. The molecule has 1 heterocycles. The third-order valence-corrected chi connectivity index (χ3v) is 5.35. The fourth-order valence-electron chi connectivity index (χ4n) is 2.06. The number of anilines is 1. The number of benzene rings is 1. The third kappa shape index (κ3) is 4.65. The smallest absolute Gasteiger partial charge is 0.456 e. The van der Waals surface area contributed by atoms with Crippen LogP contribution < -0.4 is 10.5 Å². The molecule has 2 N–H and O–H groups in total. The van der Waals surface area contributed by atoms with E-state index in [1.54, 1.807) is 0 Å². The zero-order chi connectivity index (χ0) is 20.5. The molecule has 2 aromatic rings. The van der Waals surface area contributed by atoms with Crippen molar-refractivity contribution < 1.29 is 35.1 Å². The second kappa shape index (κ2) is 7.29. The highest BCUT2D eigenvalue weighted by atomic mass is 32.2. The number of nitrogen functional groups attached to an aromatic ring is 1. The molecule has 148 valence electrons. The first kappa shape index (κ1) is 20.9.